The first kappa shape index (κ1) is 14.6. The number of carbonyl (C=O) groups excluding carboxylic acids is 2. The predicted octanol–water partition coefficient (Wildman–Crippen LogP) is 1.29. The Morgan fingerprint density at radius 2 is 1.83 bits per heavy atom. The normalized spacial score (nSPS) is 11.1. The van der Waals surface area contributed by atoms with Gasteiger partial charge in [0.2, 0.25) is 0 Å². The molecule has 0 aliphatic carbocycles. The van der Waals surface area contributed by atoms with E-state index in [9.17, 15) is 9.59 Å². The van der Waals surface area contributed by atoms with Gasteiger partial charge in [-0.25, -0.2) is 0 Å². The van der Waals surface area contributed by atoms with Crippen LogP contribution in [0.2, 0.25) is 0 Å². The first-order valence-corrected chi connectivity index (χ1v) is 6.81. The number of primary amides is 1. The Kier molecular flexibility index (Phi) is 4.78. The molecule has 3 N–H and O–H groups in total. The molecule has 0 aliphatic heterocycles. The van der Waals surface area contributed by atoms with Crippen LogP contribution >= 0.6 is 11.8 Å². The molecule has 0 atom stereocenters. The second-order valence-corrected chi connectivity index (χ2v) is 5.54. The third kappa shape index (κ3) is 3.77. The van der Waals surface area contributed by atoms with Gasteiger partial charge in [-0.2, -0.15) is 0 Å². The van der Waals surface area contributed by atoms with Gasteiger partial charge in [0.1, 0.15) is 0 Å². The maximum atomic E-state index is 11.1. The van der Waals surface area contributed by atoms with Gasteiger partial charge in [-0.15, -0.1) is 11.8 Å². The molecule has 0 aromatic heterocycles. The second-order valence-electron chi connectivity index (χ2n) is 4.66. The van der Waals surface area contributed by atoms with Crippen LogP contribution in [-0.2, 0) is 15.0 Å². The summed E-state index contributed by atoms with van der Waals surface area (Å²) in [5.41, 5.74) is 5.74. The molecule has 0 heterocycles. The van der Waals surface area contributed by atoms with Crippen LogP contribution < -0.4 is 11.1 Å². The number of nitrogens with two attached hydrogens (primary N) is 1. The number of carbonyl (C=O) groups is 2. The van der Waals surface area contributed by atoms with Crippen molar-refractivity contribution in [2.45, 2.75) is 24.2 Å². The molecule has 5 heteroatoms. The number of nitrogens with one attached hydrogen (secondary N) is 1. The van der Waals surface area contributed by atoms with Gasteiger partial charge in [0, 0.05) is 16.9 Å². The van der Waals surface area contributed by atoms with Gasteiger partial charge in [0.15, 0.2) is 0 Å². The van der Waals surface area contributed by atoms with Crippen molar-refractivity contribution in [1.82, 2.24) is 5.32 Å². The molecule has 4 nitrogen and oxygen atoms in total. The van der Waals surface area contributed by atoms with Crippen LogP contribution in [0.3, 0.4) is 0 Å². The van der Waals surface area contributed by atoms with Crippen molar-refractivity contribution in [3.05, 3.63) is 29.8 Å². The Morgan fingerprint density at radius 3 is 2.28 bits per heavy atom. The van der Waals surface area contributed by atoms with Crippen LogP contribution in [0.15, 0.2) is 29.2 Å². The molecule has 1 rings (SSSR count). The SMILES string of the molecule is CSc1ccc(C(C)(C)CNC(=O)C(N)=O)cc1. The standard InChI is InChI=1S/C13H18N2O2S/c1-13(2,8-15-12(17)11(14)16)9-4-6-10(18-3)7-5-9/h4-7H,8H2,1-3H3,(H2,14,16)(H,15,17). The highest BCUT2D eigenvalue weighted by atomic mass is 32.2. The zero-order valence-corrected chi connectivity index (χ0v) is 11.6. The van der Waals surface area contributed by atoms with E-state index in [-0.39, 0.29) is 5.41 Å². The fraction of sp³-hybridized carbons (Fsp3) is 0.385. The molecular formula is C13H18N2O2S. The molecule has 1 aromatic carbocycles. The minimum absolute atomic E-state index is 0.248. The molecule has 0 radical (unpaired) electrons. The molecule has 2 amide bonds. The lowest BCUT2D eigenvalue weighted by Gasteiger charge is -2.25. The molecule has 18 heavy (non-hydrogen) atoms. The number of thioether (sulfide) groups is 1. The summed E-state index contributed by atoms with van der Waals surface area (Å²) in [7, 11) is 0. The molecule has 0 unspecified atom stereocenters. The van der Waals surface area contributed by atoms with Gasteiger partial charge in [0.05, 0.1) is 0 Å². The fourth-order valence-electron chi connectivity index (χ4n) is 1.53. The third-order valence-corrected chi connectivity index (χ3v) is 3.53. The molecule has 0 spiro atoms. The van der Waals surface area contributed by atoms with Crippen molar-refractivity contribution in [3.63, 3.8) is 0 Å². The monoisotopic (exact) mass is 266 g/mol. The van der Waals surface area contributed by atoms with Crippen LogP contribution in [0.5, 0.6) is 0 Å². The lowest BCUT2D eigenvalue weighted by molar-refractivity contribution is -0.137. The van der Waals surface area contributed by atoms with Crippen LogP contribution in [0.25, 0.3) is 0 Å². The fourth-order valence-corrected chi connectivity index (χ4v) is 1.94. The van der Waals surface area contributed by atoms with E-state index in [1.807, 2.05) is 44.4 Å². The molecule has 0 fully saturated rings. The summed E-state index contributed by atoms with van der Waals surface area (Å²) < 4.78 is 0. The van der Waals surface area contributed by atoms with Crippen LogP contribution in [-0.4, -0.2) is 24.6 Å². The predicted molar refractivity (Wildman–Crippen MR) is 73.5 cm³/mol. The van der Waals surface area contributed by atoms with Crippen LogP contribution in [0, 0.1) is 0 Å². The summed E-state index contributed by atoms with van der Waals surface area (Å²) in [6.07, 6.45) is 2.02. The lowest BCUT2D eigenvalue weighted by Crippen LogP contribution is -2.42. The zero-order chi connectivity index (χ0) is 13.8. The van der Waals surface area contributed by atoms with Crippen molar-refractivity contribution in [2.75, 3.05) is 12.8 Å². The first-order valence-electron chi connectivity index (χ1n) is 5.59. The summed E-state index contributed by atoms with van der Waals surface area (Å²) in [5.74, 6) is -1.70. The number of amides is 2. The number of hydrogen-bond donors (Lipinski definition) is 2. The molecule has 0 saturated heterocycles. The summed E-state index contributed by atoms with van der Waals surface area (Å²) in [6.45, 7) is 4.37. The Hall–Kier alpha value is -1.49. The van der Waals surface area contributed by atoms with E-state index >= 15 is 0 Å². The quantitative estimate of drug-likeness (QED) is 0.637. The van der Waals surface area contributed by atoms with E-state index in [0.29, 0.717) is 6.54 Å². The van der Waals surface area contributed by atoms with Gasteiger partial charge in [-0.3, -0.25) is 9.59 Å². The van der Waals surface area contributed by atoms with E-state index in [1.165, 1.54) is 4.90 Å². The average molecular weight is 266 g/mol. The van der Waals surface area contributed by atoms with Gasteiger partial charge in [0.25, 0.3) is 0 Å². The minimum atomic E-state index is -0.955. The highest BCUT2D eigenvalue weighted by Gasteiger charge is 2.22. The van der Waals surface area contributed by atoms with E-state index in [2.05, 4.69) is 5.32 Å². The Bertz CT molecular complexity index is 441. The first-order chi connectivity index (χ1) is 8.36. The zero-order valence-electron chi connectivity index (χ0n) is 10.8. The Labute approximate surface area is 111 Å². The van der Waals surface area contributed by atoms with Gasteiger partial charge in [-0.1, -0.05) is 26.0 Å². The maximum absolute atomic E-state index is 11.1. The van der Waals surface area contributed by atoms with Crippen molar-refractivity contribution < 1.29 is 9.59 Å². The number of rotatable bonds is 4. The van der Waals surface area contributed by atoms with E-state index in [0.717, 1.165) is 5.56 Å². The van der Waals surface area contributed by atoms with E-state index in [4.69, 9.17) is 5.73 Å². The lowest BCUT2D eigenvalue weighted by atomic mass is 9.84. The highest BCUT2D eigenvalue weighted by molar-refractivity contribution is 7.98. The van der Waals surface area contributed by atoms with Gasteiger partial charge < -0.3 is 11.1 Å². The topological polar surface area (TPSA) is 72.2 Å². The van der Waals surface area contributed by atoms with Crippen molar-refractivity contribution in [3.8, 4) is 0 Å². The van der Waals surface area contributed by atoms with Crippen LogP contribution in [0.4, 0.5) is 0 Å². The second kappa shape index (κ2) is 5.91. The van der Waals surface area contributed by atoms with Crippen LogP contribution in [0.1, 0.15) is 19.4 Å². The molecule has 0 bridgehead atoms. The molecule has 98 valence electrons. The number of benzene rings is 1. The molecule has 0 saturated carbocycles. The third-order valence-electron chi connectivity index (χ3n) is 2.79. The summed E-state index contributed by atoms with van der Waals surface area (Å²) in [5, 5.41) is 2.53. The minimum Gasteiger partial charge on any atom is -0.361 e. The van der Waals surface area contributed by atoms with Gasteiger partial charge >= 0.3 is 11.8 Å². The molecule has 1 aromatic rings. The largest absolute Gasteiger partial charge is 0.361 e. The van der Waals surface area contributed by atoms with E-state index in [1.54, 1.807) is 11.8 Å². The van der Waals surface area contributed by atoms with Crippen molar-refractivity contribution >= 4 is 23.6 Å². The maximum Gasteiger partial charge on any atom is 0.309 e. The Balaban J connectivity index is 2.72. The van der Waals surface area contributed by atoms with E-state index < -0.39 is 11.8 Å². The van der Waals surface area contributed by atoms with Crippen molar-refractivity contribution in [2.24, 2.45) is 5.73 Å². The summed E-state index contributed by atoms with van der Waals surface area (Å²) in [4.78, 5) is 23.0. The summed E-state index contributed by atoms with van der Waals surface area (Å²) in [6, 6.07) is 8.14. The molecular weight excluding hydrogens is 248 g/mol. The number of hydrogen-bond acceptors (Lipinski definition) is 3. The Morgan fingerprint density at radius 1 is 1.28 bits per heavy atom. The highest BCUT2D eigenvalue weighted by Crippen LogP contribution is 2.24. The average Bonchev–Trinajstić information content (AvgIpc) is 2.36. The molecule has 0 aliphatic rings. The smallest absolute Gasteiger partial charge is 0.309 e. The van der Waals surface area contributed by atoms with Crippen molar-refractivity contribution in [1.29, 1.82) is 0 Å². The summed E-state index contributed by atoms with van der Waals surface area (Å²) >= 11 is 1.68. The van der Waals surface area contributed by atoms with Gasteiger partial charge in [-0.05, 0) is 24.0 Å².